The molecule has 0 saturated heterocycles. The number of nitrogens with zero attached hydrogens (tertiary/aromatic N) is 3. The zero-order valence-corrected chi connectivity index (χ0v) is 17.0. The van der Waals surface area contributed by atoms with Gasteiger partial charge in [-0.05, 0) is 50.8 Å². The van der Waals surface area contributed by atoms with E-state index in [4.69, 9.17) is 14.5 Å². The monoisotopic (exact) mass is 397 g/mol. The second-order valence-corrected chi connectivity index (χ2v) is 8.13. The number of ether oxygens (including phenoxy) is 2. The number of carbonyl (C=O) groups is 1. The van der Waals surface area contributed by atoms with E-state index in [-0.39, 0.29) is 12.5 Å². The van der Waals surface area contributed by atoms with Crippen LogP contribution in [0.5, 0.6) is 11.5 Å². The molecule has 1 aliphatic heterocycles. The second kappa shape index (κ2) is 7.77. The van der Waals surface area contributed by atoms with E-state index in [2.05, 4.69) is 13.0 Å². The van der Waals surface area contributed by atoms with Gasteiger partial charge >= 0.3 is 0 Å². The molecule has 2 heterocycles. The van der Waals surface area contributed by atoms with Crippen LogP contribution in [0.25, 0.3) is 10.2 Å². The standard InChI is InChI=1S/C21H23N3O3S/c1-14-8-9-15-19(12-14)28-21(22-15)24(11-10-23(2)3)20(25)18-13-26-16-6-4-5-7-17(16)27-18/h4-9,12,18H,10-11,13H2,1-3H3. The molecule has 3 aromatic rings. The quantitative estimate of drug-likeness (QED) is 0.661. The van der Waals surface area contributed by atoms with Crippen LogP contribution >= 0.6 is 11.3 Å². The number of likely N-dealkylation sites (N-methyl/N-ethyl adjacent to an activating group) is 1. The molecule has 0 spiro atoms. The van der Waals surface area contributed by atoms with Crippen molar-refractivity contribution in [2.75, 3.05) is 38.7 Å². The number of fused-ring (bicyclic) bond motifs is 2. The van der Waals surface area contributed by atoms with Gasteiger partial charge in [0.15, 0.2) is 16.6 Å². The van der Waals surface area contributed by atoms with E-state index in [1.54, 1.807) is 4.90 Å². The van der Waals surface area contributed by atoms with Gasteiger partial charge in [0.25, 0.3) is 5.91 Å². The Balaban J connectivity index is 1.62. The van der Waals surface area contributed by atoms with E-state index in [1.165, 1.54) is 16.9 Å². The molecule has 1 aliphatic rings. The van der Waals surface area contributed by atoms with Crippen LogP contribution in [0.3, 0.4) is 0 Å². The molecule has 2 aromatic carbocycles. The van der Waals surface area contributed by atoms with Gasteiger partial charge in [-0.25, -0.2) is 4.98 Å². The number of aromatic nitrogens is 1. The van der Waals surface area contributed by atoms with Gasteiger partial charge in [-0.15, -0.1) is 0 Å². The van der Waals surface area contributed by atoms with Crippen molar-refractivity contribution in [1.29, 1.82) is 0 Å². The van der Waals surface area contributed by atoms with Crippen LogP contribution in [-0.4, -0.2) is 55.7 Å². The maximum Gasteiger partial charge on any atom is 0.273 e. The first-order chi connectivity index (χ1) is 13.5. The lowest BCUT2D eigenvalue weighted by Crippen LogP contribution is -2.48. The Morgan fingerprint density at radius 3 is 2.75 bits per heavy atom. The number of rotatable bonds is 5. The second-order valence-electron chi connectivity index (χ2n) is 7.13. The van der Waals surface area contributed by atoms with E-state index in [1.807, 2.05) is 55.4 Å². The predicted molar refractivity (Wildman–Crippen MR) is 112 cm³/mol. The summed E-state index contributed by atoms with van der Waals surface area (Å²) in [6, 6.07) is 13.5. The van der Waals surface area contributed by atoms with Gasteiger partial charge < -0.3 is 14.4 Å². The molecule has 1 atom stereocenters. The van der Waals surface area contributed by atoms with E-state index in [9.17, 15) is 4.79 Å². The summed E-state index contributed by atoms with van der Waals surface area (Å²) < 4.78 is 12.8. The Labute approximate surface area is 168 Å². The molecule has 1 aromatic heterocycles. The summed E-state index contributed by atoms with van der Waals surface area (Å²) in [6.07, 6.45) is -0.689. The maximum atomic E-state index is 13.3. The lowest BCUT2D eigenvalue weighted by atomic mass is 10.2. The van der Waals surface area contributed by atoms with Crippen LogP contribution in [0.15, 0.2) is 42.5 Å². The fraction of sp³-hybridized carbons (Fsp3) is 0.333. The molecule has 146 valence electrons. The van der Waals surface area contributed by atoms with Gasteiger partial charge in [-0.2, -0.15) is 0 Å². The SMILES string of the molecule is Cc1ccc2nc(N(CCN(C)C)C(=O)C3COc4ccccc4O3)sc2c1. The Morgan fingerprint density at radius 1 is 1.18 bits per heavy atom. The molecule has 7 heteroatoms. The third-order valence-corrected chi connectivity index (χ3v) is 5.63. The van der Waals surface area contributed by atoms with Crippen molar-refractivity contribution in [2.45, 2.75) is 13.0 Å². The molecule has 0 saturated carbocycles. The highest BCUT2D eigenvalue weighted by Gasteiger charge is 2.33. The number of aryl methyl sites for hydroxylation is 1. The van der Waals surface area contributed by atoms with Crippen LogP contribution in [0.1, 0.15) is 5.56 Å². The molecule has 0 radical (unpaired) electrons. The third-order valence-electron chi connectivity index (χ3n) is 4.58. The average Bonchev–Trinajstić information content (AvgIpc) is 3.10. The maximum absolute atomic E-state index is 13.3. The van der Waals surface area contributed by atoms with Crippen molar-refractivity contribution in [3.05, 3.63) is 48.0 Å². The Hall–Kier alpha value is -2.64. The van der Waals surface area contributed by atoms with Crippen molar-refractivity contribution in [3.8, 4) is 11.5 Å². The summed E-state index contributed by atoms with van der Waals surface area (Å²) in [7, 11) is 3.97. The number of amides is 1. The number of hydrogen-bond donors (Lipinski definition) is 0. The van der Waals surface area contributed by atoms with E-state index in [0.29, 0.717) is 23.2 Å². The Bertz CT molecular complexity index is 1000. The zero-order valence-electron chi connectivity index (χ0n) is 16.2. The van der Waals surface area contributed by atoms with Crippen LogP contribution in [0.4, 0.5) is 5.13 Å². The molecule has 4 rings (SSSR count). The molecule has 6 nitrogen and oxygen atoms in total. The van der Waals surface area contributed by atoms with Crippen molar-refractivity contribution in [1.82, 2.24) is 9.88 Å². The summed E-state index contributed by atoms with van der Waals surface area (Å²) in [5.74, 6) is 1.13. The van der Waals surface area contributed by atoms with Gasteiger partial charge in [0.2, 0.25) is 6.10 Å². The molecule has 0 N–H and O–H groups in total. The normalized spacial score (nSPS) is 15.8. The average molecular weight is 398 g/mol. The number of anilines is 1. The zero-order chi connectivity index (χ0) is 19.7. The van der Waals surface area contributed by atoms with Crippen LogP contribution in [-0.2, 0) is 4.79 Å². The fourth-order valence-electron chi connectivity index (χ4n) is 3.05. The third kappa shape index (κ3) is 3.81. The number of hydrogen-bond acceptors (Lipinski definition) is 6. The van der Waals surface area contributed by atoms with Crippen LogP contribution < -0.4 is 14.4 Å². The summed E-state index contributed by atoms with van der Waals surface area (Å²) >= 11 is 1.53. The summed E-state index contributed by atoms with van der Waals surface area (Å²) in [4.78, 5) is 21.8. The number of carbonyl (C=O) groups excluding carboxylic acids is 1. The number of benzene rings is 2. The highest BCUT2D eigenvalue weighted by Crippen LogP contribution is 2.33. The molecule has 28 heavy (non-hydrogen) atoms. The van der Waals surface area contributed by atoms with Crippen molar-refractivity contribution in [2.24, 2.45) is 0 Å². The van der Waals surface area contributed by atoms with Gasteiger partial charge in [0, 0.05) is 13.1 Å². The van der Waals surface area contributed by atoms with Crippen molar-refractivity contribution < 1.29 is 14.3 Å². The molecule has 1 amide bonds. The molecule has 0 fully saturated rings. The van der Waals surface area contributed by atoms with Gasteiger partial charge in [0.1, 0.15) is 6.61 Å². The first-order valence-electron chi connectivity index (χ1n) is 9.23. The Morgan fingerprint density at radius 2 is 1.96 bits per heavy atom. The molecule has 0 aliphatic carbocycles. The highest BCUT2D eigenvalue weighted by atomic mass is 32.1. The van der Waals surface area contributed by atoms with E-state index >= 15 is 0 Å². The Kier molecular flexibility index (Phi) is 5.19. The van der Waals surface area contributed by atoms with Crippen LogP contribution in [0, 0.1) is 6.92 Å². The molecular formula is C21H23N3O3S. The topological polar surface area (TPSA) is 54.9 Å². The van der Waals surface area contributed by atoms with Crippen molar-refractivity contribution in [3.63, 3.8) is 0 Å². The number of thiazole rings is 1. The fourth-order valence-corrected chi connectivity index (χ4v) is 4.15. The smallest absolute Gasteiger partial charge is 0.273 e. The summed E-state index contributed by atoms with van der Waals surface area (Å²) in [5, 5.41) is 0.690. The van der Waals surface area contributed by atoms with Gasteiger partial charge in [-0.1, -0.05) is 29.5 Å². The minimum absolute atomic E-state index is 0.132. The summed E-state index contributed by atoms with van der Waals surface area (Å²) in [6.45, 7) is 3.51. The van der Waals surface area contributed by atoms with Crippen LogP contribution in [0.2, 0.25) is 0 Å². The lowest BCUT2D eigenvalue weighted by Gasteiger charge is -2.30. The predicted octanol–water partition coefficient (Wildman–Crippen LogP) is 3.34. The van der Waals surface area contributed by atoms with Gasteiger partial charge in [-0.3, -0.25) is 9.69 Å². The van der Waals surface area contributed by atoms with Crippen molar-refractivity contribution >= 4 is 32.6 Å². The largest absolute Gasteiger partial charge is 0.485 e. The minimum Gasteiger partial charge on any atom is -0.485 e. The lowest BCUT2D eigenvalue weighted by molar-refractivity contribution is -0.127. The van der Waals surface area contributed by atoms with Gasteiger partial charge in [0.05, 0.1) is 10.2 Å². The van der Waals surface area contributed by atoms with E-state index in [0.717, 1.165) is 16.8 Å². The highest BCUT2D eigenvalue weighted by molar-refractivity contribution is 7.22. The van der Waals surface area contributed by atoms with E-state index < -0.39 is 6.10 Å². The molecular weight excluding hydrogens is 374 g/mol. The first kappa shape index (κ1) is 18.7. The number of para-hydroxylation sites is 2. The molecule has 1 unspecified atom stereocenters. The molecule has 0 bridgehead atoms. The summed E-state index contributed by atoms with van der Waals surface area (Å²) in [5.41, 5.74) is 2.08. The first-order valence-corrected chi connectivity index (χ1v) is 10.0. The minimum atomic E-state index is -0.689.